The summed E-state index contributed by atoms with van der Waals surface area (Å²) in [7, 11) is 0. The predicted octanol–water partition coefficient (Wildman–Crippen LogP) is 3.08. The Morgan fingerprint density at radius 2 is 1.86 bits per heavy atom. The number of thiazole rings is 1. The molecule has 1 aromatic carbocycles. The minimum Gasteiger partial charge on any atom is -0.396 e. The number of nitrogens with one attached hydrogen (secondary N) is 3. The third-order valence-electron chi connectivity index (χ3n) is 4.68. The summed E-state index contributed by atoms with van der Waals surface area (Å²) in [5.74, 6) is 0. The first-order valence-corrected chi connectivity index (χ1v) is 10.6. The molecule has 4 N–H and O–H groups in total. The van der Waals surface area contributed by atoms with E-state index >= 15 is 0 Å². The minimum atomic E-state index is 0.0636. The van der Waals surface area contributed by atoms with E-state index in [2.05, 4.69) is 34.1 Å². The van der Waals surface area contributed by atoms with Crippen LogP contribution in [0.3, 0.4) is 0 Å². The first-order chi connectivity index (χ1) is 13.8. The number of hydrogen-bond acceptors (Lipinski definition) is 7. The summed E-state index contributed by atoms with van der Waals surface area (Å²) >= 11 is 1.59. The molecule has 2 aromatic heterocycles. The molecule has 1 aliphatic rings. The molecule has 7 heteroatoms. The number of benzene rings is 1. The predicted molar refractivity (Wildman–Crippen MR) is 114 cm³/mol. The Labute approximate surface area is 169 Å². The van der Waals surface area contributed by atoms with Crippen molar-refractivity contribution in [3.05, 3.63) is 53.4 Å². The van der Waals surface area contributed by atoms with Crippen LogP contribution in [0.2, 0.25) is 0 Å². The molecule has 0 atom stereocenters. The number of hydrogen-bond donors (Lipinski definition) is 4. The van der Waals surface area contributed by atoms with Gasteiger partial charge in [0.05, 0.1) is 11.4 Å². The summed E-state index contributed by atoms with van der Waals surface area (Å²) < 4.78 is 0. The van der Waals surface area contributed by atoms with E-state index in [1.54, 1.807) is 11.3 Å². The lowest BCUT2D eigenvalue weighted by Crippen LogP contribution is -2.52. The van der Waals surface area contributed by atoms with Crippen molar-refractivity contribution in [1.82, 2.24) is 20.6 Å². The quantitative estimate of drug-likeness (QED) is 0.492. The van der Waals surface area contributed by atoms with Crippen molar-refractivity contribution in [3.63, 3.8) is 0 Å². The molecule has 1 saturated heterocycles. The first kappa shape index (κ1) is 19.0. The summed E-state index contributed by atoms with van der Waals surface area (Å²) in [5, 5.41) is 22.1. The van der Waals surface area contributed by atoms with Crippen LogP contribution in [-0.4, -0.2) is 41.1 Å². The Bertz CT molecular complexity index is 907. The number of aromatic nitrogens is 2. The van der Waals surface area contributed by atoms with Crippen molar-refractivity contribution < 1.29 is 5.11 Å². The zero-order chi connectivity index (χ0) is 19.2. The number of rotatable bonds is 7. The van der Waals surface area contributed by atoms with Gasteiger partial charge in [0.2, 0.25) is 0 Å². The van der Waals surface area contributed by atoms with Gasteiger partial charge in [-0.2, -0.15) is 0 Å². The molecule has 0 radical (unpaired) electrons. The van der Waals surface area contributed by atoms with E-state index < -0.39 is 0 Å². The second-order valence-electron chi connectivity index (χ2n) is 6.81. The van der Waals surface area contributed by atoms with Gasteiger partial charge in [0.25, 0.3) is 0 Å². The molecule has 1 fully saturated rings. The maximum absolute atomic E-state index is 9.05. The van der Waals surface area contributed by atoms with E-state index in [9.17, 15) is 0 Å². The second kappa shape index (κ2) is 9.25. The van der Waals surface area contributed by atoms with E-state index in [0.29, 0.717) is 0 Å². The lowest BCUT2D eigenvalue weighted by Gasteiger charge is -2.25. The third kappa shape index (κ3) is 4.74. The Morgan fingerprint density at radius 3 is 2.71 bits per heavy atom. The van der Waals surface area contributed by atoms with Crippen molar-refractivity contribution >= 4 is 16.5 Å². The molecular formula is C21H25N5OS. The lowest BCUT2D eigenvalue weighted by atomic mass is 10.0. The normalized spacial score (nSPS) is 14.9. The van der Waals surface area contributed by atoms with Gasteiger partial charge in [-0.25, -0.2) is 9.97 Å². The van der Waals surface area contributed by atoms with E-state index in [4.69, 9.17) is 15.1 Å². The number of pyridine rings is 1. The zero-order valence-electron chi connectivity index (χ0n) is 15.7. The highest BCUT2D eigenvalue weighted by Gasteiger charge is 2.14. The summed E-state index contributed by atoms with van der Waals surface area (Å²) in [6, 6.07) is 14.4. The van der Waals surface area contributed by atoms with Crippen molar-refractivity contribution in [2.75, 3.05) is 25.0 Å². The maximum Gasteiger partial charge on any atom is 0.185 e. The van der Waals surface area contributed by atoms with Gasteiger partial charge in [0.1, 0.15) is 12.0 Å². The largest absolute Gasteiger partial charge is 0.396 e. The van der Waals surface area contributed by atoms with E-state index in [-0.39, 0.29) is 12.9 Å². The fourth-order valence-corrected chi connectivity index (χ4v) is 3.98. The van der Waals surface area contributed by atoms with Crippen LogP contribution >= 0.6 is 11.3 Å². The van der Waals surface area contributed by atoms with Gasteiger partial charge in [0, 0.05) is 17.6 Å². The van der Waals surface area contributed by atoms with Gasteiger partial charge in [-0.1, -0.05) is 24.3 Å². The molecule has 0 spiro atoms. The van der Waals surface area contributed by atoms with Crippen LogP contribution in [-0.2, 0) is 6.42 Å². The number of aryl methyl sites for hydroxylation is 1. The number of aliphatic hydroxyl groups excluding tert-OH is 1. The first-order valence-electron chi connectivity index (χ1n) is 9.68. The molecule has 4 rings (SSSR count). The van der Waals surface area contributed by atoms with Crippen LogP contribution in [0.1, 0.15) is 18.4 Å². The number of nitrogens with zero attached hydrogens (tertiary/aromatic N) is 2. The molecule has 0 aliphatic carbocycles. The molecule has 3 aromatic rings. The minimum absolute atomic E-state index is 0.0636. The Balaban J connectivity index is 1.51. The van der Waals surface area contributed by atoms with Gasteiger partial charge >= 0.3 is 0 Å². The SMILES string of the molecule is OCCCc1cccc(-c2cccc(-c3csc(NC4NCCCN4)n3)n2)c1. The molecule has 1 aliphatic heterocycles. The van der Waals surface area contributed by atoms with Crippen molar-refractivity contribution in [2.24, 2.45) is 0 Å². The van der Waals surface area contributed by atoms with Crippen LogP contribution < -0.4 is 16.0 Å². The van der Waals surface area contributed by atoms with Crippen LogP contribution in [0.25, 0.3) is 22.6 Å². The summed E-state index contributed by atoms with van der Waals surface area (Å²) in [4.78, 5) is 9.54. The topological polar surface area (TPSA) is 82.1 Å². The van der Waals surface area contributed by atoms with Gasteiger partial charge in [-0.15, -0.1) is 11.3 Å². The van der Waals surface area contributed by atoms with Crippen LogP contribution in [0.4, 0.5) is 5.13 Å². The molecule has 6 nitrogen and oxygen atoms in total. The molecule has 0 unspecified atom stereocenters. The molecule has 0 amide bonds. The summed E-state index contributed by atoms with van der Waals surface area (Å²) in [6.45, 7) is 2.22. The smallest absolute Gasteiger partial charge is 0.185 e. The van der Waals surface area contributed by atoms with Crippen molar-refractivity contribution in [2.45, 2.75) is 25.6 Å². The standard InChI is InChI=1S/C21H25N5OS/c27-12-3-6-15-5-1-7-16(13-15)17-8-2-9-18(24-17)19-14-28-21(25-19)26-20-22-10-4-11-23-20/h1-2,5,7-9,13-14,20,22-23,27H,3-4,6,10-12H2,(H,25,26). The molecule has 146 valence electrons. The van der Waals surface area contributed by atoms with Crippen LogP contribution in [0.15, 0.2) is 47.8 Å². The second-order valence-corrected chi connectivity index (χ2v) is 7.67. The van der Waals surface area contributed by atoms with Crippen LogP contribution in [0.5, 0.6) is 0 Å². The maximum atomic E-state index is 9.05. The summed E-state index contributed by atoms with van der Waals surface area (Å²) in [5.41, 5.74) is 4.98. The van der Waals surface area contributed by atoms with Crippen molar-refractivity contribution in [1.29, 1.82) is 0 Å². The molecule has 28 heavy (non-hydrogen) atoms. The highest BCUT2D eigenvalue weighted by atomic mass is 32.1. The van der Waals surface area contributed by atoms with Gasteiger partial charge in [-0.3, -0.25) is 10.6 Å². The van der Waals surface area contributed by atoms with Gasteiger partial charge < -0.3 is 10.4 Å². The Kier molecular flexibility index (Phi) is 6.28. The number of aliphatic hydroxyl groups is 1. The average Bonchev–Trinajstić information content (AvgIpc) is 3.22. The van der Waals surface area contributed by atoms with Crippen LogP contribution in [0, 0.1) is 0 Å². The molecule has 0 bridgehead atoms. The highest BCUT2D eigenvalue weighted by molar-refractivity contribution is 7.14. The zero-order valence-corrected chi connectivity index (χ0v) is 16.5. The van der Waals surface area contributed by atoms with E-state index in [0.717, 1.165) is 60.1 Å². The molecular weight excluding hydrogens is 370 g/mol. The molecule has 3 heterocycles. The molecule has 0 saturated carbocycles. The fourth-order valence-electron chi connectivity index (χ4n) is 3.24. The fraction of sp³-hybridized carbons (Fsp3) is 0.333. The van der Waals surface area contributed by atoms with E-state index in [1.807, 2.05) is 29.6 Å². The lowest BCUT2D eigenvalue weighted by molar-refractivity contribution is 0.288. The third-order valence-corrected chi connectivity index (χ3v) is 5.45. The Hall–Kier alpha value is -2.32. The van der Waals surface area contributed by atoms with Crippen molar-refractivity contribution in [3.8, 4) is 22.6 Å². The number of anilines is 1. The highest BCUT2D eigenvalue weighted by Crippen LogP contribution is 2.26. The van der Waals surface area contributed by atoms with E-state index in [1.165, 1.54) is 5.56 Å². The Morgan fingerprint density at radius 1 is 1.04 bits per heavy atom. The monoisotopic (exact) mass is 395 g/mol. The summed E-state index contributed by atoms with van der Waals surface area (Å²) in [6.07, 6.45) is 2.85. The van der Waals surface area contributed by atoms with Gasteiger partial charge in [-0.05, 0) is 56.1 Å². The van der Waals surface area contributed by atoms with Gasteiger partial charge in [0.15, 0.2) is 5.13 Å². The average molecular weight is 396 g/mol.